The Morgan fingerprint density at radius 3 is 2.76 bits per heavy atom. The van der Waals surface area contributed by atoms with Crippen molar-refractivity contribution in [2.75, 3.05) is 31.2 Å². The first-order valence-corrected chi connectivity index (χ1v) is 14.4. The maximum Gasteiger partial charge on any atom is 0.417 e. The van der Waals surface area contributed by atoms with Crippen LogP contribution in [0.25, 0.3) is 33.1 Å². The number of benzene rings is 1. The molecule has 1 saturated heterocycles. The number of aryl methyl sites for hydroxylation is 1. The maximum absolute atomic E-state index is 16.6. The fourth-order valence-corrected chi connectivity index (χ4v) is 5.98. The largest absolute Gasteiger partial charge is 0.462 e. The number of ether oxygens (including phenoxy) is 1. The van der Waals surface area contributed by atoms with Gasteiger partial charge in [-0.1, -0.05) is 11.6 Å². The molecule has 1 aliphatic heterocycles. The number of rotatable bonds is 7. The van der Waals surface area contributed by atoms with Crippen molar-refractivity contribution in [1.29, 1.82) is 0 Å². The van der Waals surface area contributed by atoms with Crippen molar-refractivity contribution < 1.29 is 22.3 Å². The molecule has 1 fully saturated rings. The second kappa shape index (κ2) is 11.5. The highest BCUT2D eigenvalue weighted by atomic mass is 35.5. The zero-order chi connectivity index (χ0) is 32.2. The van der Waals surface area contributed by atoms with Gasteiger partial charge in [-0.2, -0.15) is 28.2 Å². The summed E-state index contributed by atoms with van der Waals surface area (Å²) in [6, 6.07) is 1.98. The topological polar surface area (TPSA) is 151 Å². The van der Waals surface area contributed by atoms with Crippen molar-refractivity contribution in [2.45, 2.75) is 44.9 Å². The molecule has 6 rings (SSSR count). The first kappa shape index (κ1) is 30.5. The summed E-state index contributed by atoms with van der Waals surface area (Å²) < 4.78 is 65.8. The number of pyridine rings is 2. The van der Waals surface area contributed by atoms with Gasteiger partial charge in [0.15, 0.2) is 5.82 Å². The lowest BCUT2D eigenvalue weighted by Gasteiger charge is -2.21. The molecule has 1 aliphatic rings. The number of H-pyrrole nitrogens is 2. The number of nitrogens with two attached hydrogens (primary N) is 1. The van der Waals surface area contributed by atoms with Crippen LogP contribution in [0.2, 0.25) is 5.02 Å². The lowest BCUT2D eigenvalue weighted by Crippen LogP contribution is -2.31. The molecule has 45 heavy (non-hydrogen) atoms. The third-order valence-electron chi connectivity index (χ3n) is 8.07. The van der Waals surface area contributed by atoms with E-state index in [-0.39, 0.29) is 52.1 Å². The van der Waals surface area contributed by atoms with Gasteiger partial charge in [-0.15, -0.1) is 0 Å². The number of anilines is 2. The molecule has 1 aromatic carbocycles. The summed E-state index contributed by atoms with van der Waals surface area (Å²) in [7, 11) is 1.95. The molecule has 0 radical (unpaired) electrons. The van der Waals surface area contributed by atoms with Gasteiger partial charge < -0.3 is 25.7 Å². The Morgan fingerprint density at radius 2 is 2.04 bits per heavy atom. The second-order valence-electron chi connectivity index (χ2n) is 11.1. The smallest absolute Gasteiger partial charge is 0.417 e. The number of halogens is 5. The van der Waals surface area contributed by atoms with Crippen LogP contribution in [0.3, 0.4) is 0 Å². The first-order valence-electron chi connectivity index (χ1n) is 14.0. The number of aromatic amines is 2. The Labute approximate surface area is 258 Å². The van der Waals surface area contributed by atoms with Crippen molar-refractivity contribution >= 4 is 45.0 Å². The zero-order valence-corrected chi connectivity index (χ0v) is 25.1. The summed E-state index contributed by atoms with van der Waals surface area (Å²) in [4.78, 5) is 30.8. The fourth-order valence-electron chi connectivity index (χ4n) is 5.81. The summed E-state index contributed by atoms with van der Waals surface area (Å²) in [6.07, 6.45) is -0.538. The molecule has 16 heteroatoms. The summed E-state index contributed by atoms with van der Waals surface area (Å²) in [6.45, 7) is 3.99. The molecule has 0 bridgehead atoms. The second-order valence-corrected chi connectivity index (χ2v) is 11.5. The number of nitrogens with zero attached hydrogens (tertiary/aromatic N) is 5. The molecule has 0 aliphatic carbocycles. The van der Waals surface area contributed by atoms with Crippen LogP contribution in [-0.2, 0) is 6.18 Å². The van der Waals surface area contributed by atoms with Crippen LogP contribution in [0.5, 0.6) is 6.01 Å². The Morgan fingerprint density at radius 1 is 1.27 bits per heavy atom. The molecule has 0 saturated carbocycles. The average Bonchev–Trinajstić information content (AvgIpc) is 3.61. The van der Waals surface area contributed by atoms with Gasteiger partial charge in [0.25, 0.3) is 5.56 Å². The van der Waals surface area contributed by atoms with Crippen LogP contribution < -0.4 is 21.3 Å². The Kier molecular flexibility index (Phi) is 7.77. The summed E-state index contributed by atoms with van der Waals surface area (Å²) >= 11 is 6.12. The lowest BCUT2D eigenvalue weighted by molar-refractivity contribution is -0.137. The summed E-state index contributed by atoms with van der Waals surface area (Å²) in [5, 5.41) is 9.45. The van der Waals surface area contributed by atoms with Crippen LogP contribution in [-0.4, -0.2) is 61.3 Å². The Balaban J connectivity index is 1.56. The van der Waals surface area contributed by atoms with E-state index in [4.69, 9.17) is 22.1 Å². The number of aromatic nitrogens is 6. The molecule has 5 heterocycles. The molecule has 0 amide bonds. The number of hydrogen-bond acceptors (Lipinski definition) is 9. The van der Waals surface area contributed by atoms with Crippen LogP contribution in [0.1, 0.15) is 42.5 Å². The SMILES string of the molecule is Cc1cc2[nH]ncc2c(-c2[nH]c(=O)c3c(N[C@H](C)c4cc(Cl)cnc4N)nc(OC[C@@H]4CCCN4C)nc3c2F)c1C(F)(F)F. The van der Waals surface area contributed by atoms with E-state index in [0.717, 1.165) is 25.6 Å². The van der Waals surface area contributed by atoms with E-state index in [1.165, 1.54) is 19.2 Å². The third kappa shape index (κ3) is 5.61. The van der Waals surface area contributed by atoms with Crippen LogP contribution in [0, 0.1) is 12.7 Å². The molecule has 5 aromatic rings. The molecule has 4 aromatic heterocycles. The minimum absolute atomic E-state index is 0.0347. The van der Waals surface area contributed by atoms with Crippen molar-refractivity contribution in [3.63, 3.8) is 0 Å². The Hall–Kier alpha value is -4.50. The highest BCUT2D eigenvalue weighted by Gasteiger charge is 2.38. The number of fused-ring (bicyclic) bond motifs is 2. The van der Waals surface area contributed by atoms with Gasteiger partial charge in [0, 0.05) is 28.8 Å². The van der Waals surface area contributed by atoms with E-state index in [1.54, 1.807) is 13.0 Å². The van der Waals surface area contributed by atoms with Gasteiger partial charge in [-0.25, -0.2) is 9.37 Å². The van der Waals surface area contributed by atoms with Crippen LogP contribution in [0.15, 0.2) is 29.3 Å². The monoisotopic (exact) mass is 645 g/mol. The van der Waals surface area contributed by atoms with Gasteiger partial charge in [0.1, 0.15) is 29.1 Å². The molecule has 0 unspecified atom stereocenters. The number of likely N-dealkylation sites (N-methyl/N-ethyl adjacent to an activating group) is 1. The number of alkyl halides is 3. The fraction of sp³-hybridized carbons (Fsp3) is 0.345. The molecule has 5 N–H and O–H groups in total. The van der Waals surface area contributed by atoms with Crippen molar-refractivity contribution in [1.82, 2.24) is 35.0 Å². The van der Waals surface area contributed by atoms with E-state index in [1.807, 2.05) is 7.05 Å². The number of nitrogen functional groups attached to an aromatic ring is 1. The highest BCUT2D eigenvalue weighted by molar-refractivity contribution is 6.30. The predicted molar refractivity (Wildman–Crippen MR) is 162 cm³/mol. The first-order chi connectivity index (χ1) is 21.3. The van der Waals surface area contributed by atoms with Gasteiger partial charge in [-0.05, 0) is 58.0 Å². The highest BCUT2D eigenvalue weighted by Crippen LogP contribution is 2.44. The number of likely N-dealkylation sites (tertiary alicyclic amines) is 1. The van der Waals surface area contributed by atoms with Gasteiger partial charge in [0.2, 0.25) is 0 Å². The molecular weight excluding hydrogens is 618 g/mol. The van der Waals surface area contributed by atoms with Gasteiger partial charge >= 0.3 is 12.2 Å². The van der Waals surface area contributed by atoms with E-state index in [9.17, 15) is 18.0 Å². The van der Waals surface area contributed by atoms with E-state index in [2.05, 4.69) is 40.3 Å². The number of hydrogen-bond donors (Lipinski definition) is 4. The third-order valence-corrected chi connectivity index (χ3v) is 8.28. The van der Waals surface area contributed by atoms with Crippen molar-refractivity contribution in [3.05, 3.63) is 62.4 Å². The summed E-state index contributed by atoms with van der Waals surface area (Å²) in [5.41, 5.74) is 2.72. The van der Waals surface area contributed by atoms with E-state index < -0.39 is 45.9 Å². The molecular formula is C29H28ClF4N9O2. The maximum atomic E-state index is 16.6. The Bertz CT molecular complexity index is 2000. The van der Waals surface area contributed by atoms with E-state index in [0.29, 0.717) is 10.6 Å². The number of nitrogens with one attached hydrogen (secondary N) is 3. The quantitative estimate of drug-likeness (QED) is 0.166. The normalized spacial score (nSPS) is 16.5. The molecule has 0 spiro atoms. The average molecular weight is 646 g/mol. The van der Waals surface area contributed by atoms with Crippen molar-refractivity contribution in [2.24, 2.45) is 0 Å². The molecule has 236 valence electrons. The standard InChI is InChI=1S/C29H28ClF4N9O2/c1-12-7-18-17(10-37-42-18)19(21(12)29(32,33)34)23-22(31)24-20(27(44)39-23)26(38-13(2)16-8-14(30)9-36-25(16)35)41-28(40-24)45-11-15-5-4-6-43(15)3/h7-10,13,15H,4-6,11H2,1-3H3,(H2,35,36)(H,37,42)(H,39,44)(H,38,40,41)/t13-,15+/m1/s1. The lowest BCUT2D eigenvalue weighted by atomic mass is 9.94. The molecule has 11 nitrogen and oxygen atoms in total. The van der Waals surface area contributed by atoms with Gasteiger partial charge in [-0.3, -0.25) is 9.89 Å². The van der Waals surface area contributed by atoms with Crippen LogP contribution >= 0.6 is 11.6 Å². The van der Waals surface area contributed by atoms with Crippen molar-refractivity contribution in [3.8, 4) is 17.3 Å². The summed E-state index contributed by atoms with van der Waals surface area (Å²) in [5.74, 6) is -1.17. The van der Waals surface area contributed by atoms with E-state index >= 15 is 4.39 Å². The van der Waals surface area contributed by atoms with Crippen LogP contribution in [0.4, 0.5) is 29.2 Å². The zero-order valence-electron chi connectivity index (χ0n) is 24.3. The minimum Gasteiger partial charge on any atom is -0.462 e. The molecule has 2 atom stereocenters. The predicted octanol–water partition coefficient (Wildman–Crippen LogP) is 5.60. The minimum atomic E-state index is -4.89. The van der Waals surface area contributed by atoms with Gasteiger partial charge in [0.05, 0.1) is 34.0 Å².